The largest absolute Gasteiger partial charge is 0.328 e. The Bertz CT molecular complexity index is 731. The van der Waals surface area contributed by atoms with E-state index >= 15 is 0 Å². The summed E-state index contributed by atoms with van der Waals surface area (Å²) >= 11 is 0. The maximum absolute atomic E-state index is 12.7. The van der Waals surface area contributed by atoms with Crippen LogP contribution in [0.25, 0.3) is 10.9 Å². The van der Waals surface area contributed by atoms with Crippen LogP contribution in [0.3, 0.4) is 0 Å². The van der Waals surface area contributed by atoms with Crippen LogP contribution in [-0.2, 0) is 6.42 Å². The summed E-state index contributed by atoms with van der Waals surface area (Å²) in [6, 6.07) is 9.25. The highest BCUT2D eigenvalue weighted by molar-refractivity contribution is 5.96. The van der Waals surface area contributed by atoms with Crippen molar-refractivity contribution in [2.75, 3.05) is 20.1 Å². The summed E-state index contributed by atoms with van der Waals surface area (Å²) in [5, 5.41) is 1.25. The minimum absolute atomic E-state index is 0.106. The average molecular weight is 283 g/mol. The molecular weight excluding hydrogens is 262 g/mol. The van der Waals surface area contributed by atoms with Gasteiger partial charge in [-0.1, -0.05) is 18.2 Å². The Hall–Kier alpha value is -1.81. The smallest absolute Gasteiger partial charge is 0.325 e. The number of hydrogen-bond acceptors (Lipinski definition) is 2. The van der Waals surface area contributed by atoms with E-state index in [1.54, 1.807) is 0 Å². The summed E-state index contributed by atoms with van der Waals surface area (Å²) in [4.78, 5) is 17.1. The Kier molecular flexibility index (Phi) is 2.67. The molecule has 4 heteroatoms. The van der Waals surface area contributed by atoms with E-state index in [0.29, 0.717) is 12.1 Å². The maximum Gasteiger partial charge on any atom is 0.328 e. The second-order valence-corrected chi connectivity index (χ2v) is 6.48. The van der Waals surface area contributed by atoms with Crippen LogP contribution >= 0.6 is 0 Å². The molecule has 21 heavy (non-hydrogen) atoms. The van der Waals surface area contributed by atoms with Gasteiger partial charge in [0, 0.05) is 31.6 Å². The highest BCUT2D eigenvalue weighted by Crippen LogP contribution is 2.40. The molecule has 4 nitrogen and oxygen atoms in total. The second kappa shape index (κ2) is 4.34. The first-order valence-corrected chi connectivity index (χ1v) is 7.73. The van der Waals surface area contributed by atoms with Crippen molar-refractivity contribution < 1.29 is 4.79 Å². The molecule has 110 valence electrons. The number of hydrogen-bond donors (Lipinski definition) is 0. The fourth-order valence-corrected chi connectivity index (χ4v) is 4.02. The van der Waals surface area contributed by atoms with Crippen LogP contribution in [0.5, 0.6) is 0 Å². The maximum atomic E-state index is 12.7. The summed E-state index contributed by atoms with van der Waals surface area (Å²) in [5.41, 5.74) is 3.68. The second-order valence-electron chi connectivity index (χ2n) is 6.48. The molecule has 2 aliphatic rings. The summed E-state index contributed by atoms with van der Waals surface area (Å²) < 4.78 is 1.95. The Morgan fingerprint density at radius 1 is 1.24 bits per heavy atom. The zero-order valence-corrected chi connectivity index (χ0v) is 12.8. The Morgan fingerprint density at radius 3 is 2.76 bits per heavy atom. The number of benzene rings is 1. The van der Waals surface area contributed by atoms with Gasteiger partial charge in [-0.25, -0.2) is 4.79 Å². The van der Waals surface area contributed by atoms with Gasteiger partial charge >= 0.3 is 6.03 Å². The number of carbonyl (C=O) groups excluding carboxylic acids is 1. The van der Waals surface area contributed by atoms with Gasteiger partial charge in [0.15, 0.2) is 0 Å². The van der Waals surface area contributed by atoms with Crippen LogP contribution in [-0.4, -0.2) is 46.6 Å². The van der Waals surface area contributed by atoms with Crippen LogP contribution in [0.15, 0.2) is 24.3 Å². The summed E-state index contributed by atoms with van der Waals surface area (Å²) in [6.07, 6.45) is 1.04. The topological polar surface area (TPSA) is 28.5 Å². The first-order valence-electron chi connectivity index (χ1n) is 7.73. The molecule has 0 N–H and O–H groups in total. The van der Waals surface area contributed by atoms with Gasteiger partial charge in [0.1, 0.15) is 0 Å². The Balaban J connectivity index is 2.03. The normalized spacial score (nSPS) is 22.2. The number of rotatable bonds is 1. The van der Waals surface area contributed by atoms with Gasteiger partial charge < -0.3 is 4.90 Å². The van der Waals surface area contributed by atoms with Crippen molar-refractivity contribution in [2.24, 2.45) is 0 Å². The third-order valence-corrected chi connectivity index (χ3v) is 4.98. The summed E-state index contributed by atoms with van der Waals surface area (Å²) in [5.74, 6) is 0. The molecule has 0 aliphatic carbocycles. The molecular formula is C17H21N3O. The summed E-state index contributed by atoms with van der Waals surface area (Å²) in [7, 11) is 1.91. The van der Waals surface area contributed by atoms with Crippen LogP contribution in [0.1, 0.15) is 31.1 Å². The van der Waals surface area contributed by atoms with Crippen molar-refractivity contribution >= 4 is 16.9 Å². The van der Waals surface area contributed by atoms with Gasteiger partial charge in [0.05, 0.1) is 17.3 Å². The molecule has 0 saturated carbocycles. The third kappa shape index (κ3) is 1.62. The molecule has 0 fully saturated rings. The van der Waals surface area contributed by atoms with E-state index in [4.69, 9.17) is 0 Å². The van der Waals surface area contributed by atoms with Gasteiger partial charge in [0.2, 0.25) is 0 Å². The molecule has 1 aromatic heterocycles. The molecule has 0 bridgehead atoms. The van der Waals surface area contributed by atoms with Crippen LogP contribution < -0.4 is 0 Å². The number of aromatic nitrogens is 1. The van der Waals surface area contributed by atoms with Gasteiger partial charge in [0.25, 0.3) is 0 Å². The van der Waals surface area contributed by atoms with E-state index < -0.39 is 0 Å². The van der Waals surface area contributed by atoms with Crippen molar-refractivity contribution in [2.45, 2.75) is 32.4 Å². The van der Waals surface area contributed by atoms with Crippen molar-refractivity contribution in [1.29, 1.82) is 0 Å². The van der Waals surface area contributed by atoms with Crippen molar-refractivity contribution in [1.82, 2.24) is 14.4 Å². The SMILES string of the molecule is CC(C)N1CCc2c3n(c4ccccc24)C(=O)N(C)CC31. The molecule has 4 rings (SSSR count). The molecule has 1 atom stereocenters. The lowest BCUT2D eigenvalue weighted by atomic mass is 9.95. The van der Waals surface area contributed by atoms with E-state index in [1.165, 1.54) is 16.6 Å². The monoisotopic (exact) mass is 283 g/mol. The highest BCUT2D eigenvalue weighted by Gasteiger charge is 2.40. The predicted molar refractivity (Wildman–Crippen MR) is 83.6 cm³/mol. The highest BCUT2D eigenvalue weighted by atomic mass is 16.2. The van der Waals surface area contributed by atoms with Gasteiger partial charge in [-0.15, -0.1) is 0 Å². The number of likely N-dealkylation sites (N-methyl/N-ethyl adjacent to an activating group) is 1. The zero-order chi connectivity index (χ0) is 14.7. The van der Waals surface area contributed by atoms with E-state index in [1.807, 2.05) is 22.6 Å². The van der Waals surface area contributed by atoms with E-state index in [9.17, 15) is 4.79 Å². The zero-order valence-electron chi connectivity index (χ0n) is 12.8. The van der Waals surface area contributed by atoms with Gasteiger partial charge in [-0.3, -0.25) is 9.47 Å². The minimum Gasteiger partial charge on any atom is -0.325 e. The fraction of sp³-hybridized carbons (Fsp3) is 0.471. The van der Waals surface area contributed by atoms with Gasteiger partial charge in [-0.2, -0.15) is 0 Å². The predicted octanol–water partition coefficient (Wildman–Crippen LogP) is 2.86. The standard InChI is InChI=1S/C17H21N3O/c1-11(2)19-9-8-13-12-6-4-5-7-14(12)20-16(13)15(19)10-18(3)17(20)21/h4-7,11,15H,8-10H2,1-3H3. The third-order valence-electron chi connectivity index (χ3n) is 4.98. The lowest BCUT2D eigenvalue weighted by Crippen LogP contribution is -2.51. The molecule has 0 spiro atoms. The molecule has 2 aromatic rings. The van der Waals surface area contributed by atoms with E-state index in [0.717, 1.165) is 25.0 Å². The first-order chi connectivity index (χ1) is 10.1. The Labute approximate surface area is 124 Å². The minimum atomic E-state index is 0.106. The summed E-state index contributed by atoms with van der Waals surface area (Å²) in [6.45, 7) is 6.36. The molecule has 1 amide bonds. The average Bonchev–Trinajstić information content (AvgIpc) is 2.81. The number of carbonyl (C=O) groups is 1. The number of fused-ring (bicyclic) bond motifs is 3. The number of amides is 1. The number of para-hydroxylation sites is 1. The van der Waals surface area contributed by atoms with Crippen molar-refractivity contribution in [3.8, 4) is 0 Å². The molecule has 0 saturated heterocycles. The molecule has 3 heterocycles. The first kappa shape index (κ1) is 12.9. The number of nitrogens with zero attached hydrogens (tertiary/aromatic N) is 3. The van der Waals surface area contributed by atoms with Crippen LogP contribution in [0.4, 0.5) is 4.79 Å². The Morgan fingerprint density at radius 2 is 2.00 bits per heavy atom. The van der Waals surface area contributed by atoms with Crippen molar-refractivity contribution in [3.05, 3.63) is 35.5 Å². The molecule has 0 radical (unpaired) electrons. The molecule has 1 aromatic carbocycles. The molecule has 1 unspecified atom stereocenters. The lowest BCUT2D eigenvalue weighted by Gasteiger charge is -2.43. The quantitative estimate of drug-likeness (QED) is 0.805. The van der Waals surface area contributed by atoms with E-state index in [-0.39, 0.29) is 6.03 Å². The van der Waals surface area contributed by atoms with E-state index in [2.05, 4.69) is 36.9 Å². The lowest BCUT2D eigenvalue weighted by molar-refractivity contribution is 0.0985. The van der Waals surface area contributed by atoms with Crippen LogP contribution in [0.2, 0.25) is 0 Å². The molecule has 2 aliphatic heterocycles. The van der Waals surface area contributed by atoms with Gasteiger partial charge in [-0.05, 0) is 31.9 Å². The van der Waals surface area contributed by atoms with Crippen LogP contribution in [0, 0.1) is 0 Å². The van der Waals surface area contributed by atoms with Crippen molar-refractivity contribution in [3.63, 3.8) is 0 Å². The fourth-order valence-electron chi connectivity index (χ4n) is 4.02.